The monoisotopic (exact) mass is 536 g/mol. The predicted molar refractivity (Wildman–Crippen MR) is 138 cm³/mol. The van der Waals surface area contributed by atoms with Crippen LogP contribution >= 0.6 is 0 Å². The molecule has 1 heterocycles. The highest BCUT2D eigenvalue weighted by atomic mass is 16.4. The molecule has 1 aromatic carbocycles. The molecule has 1 aliphatic heterocycles. The minimum absolute atomic E-state index is 0.0784. The Kier molecular flexibility index (Phi) is 12.6. The molecular formula is C26H40N4O8. The van der Waals surface area contributed by atoms with Gasteiger partial charge < -0.3 is 41.7 Å². The molecule has 0 spiro atoms. The van der Waals surface area contributed by atoms with Gasteiger partial charge >= 0.3 is 5.97 Å². The lowest BCUT2D eigenvalue weighted by Crippen LogP contribution is -2.55. The summed E-state index contributed by atoms with van der Waals surface area (Å²) in [6.45, 7) is 3.93. The second-order valence-electron chi connectivity index (χ2n) is 10.0. The highest BCUT2D eigenvalue weighted by Gasteiger charge is 2.32. The third-order valence-electron chi connectivity index (χ3n) is 6.34. The molecule has 0 saturated carbocycles. The summed E-state index contributed by atoms with van der Waals surface area (Å²) in [5, 5.41) is 50.7. The van der Waals surface area contributed by atoms with Gasteiger partial charge in [-0.1, -0.05) is 44.2 Å². The van der Waals surface area contributed by atoms with Crippen molar-refractivity contribution < 1.29 is 39.6 Å². The van der Waals surface area contributed by atoms with Crippen molar-refractivity contribution in [2.75, 3.05) is 13.2 Å². The number of nitrogens with one attached hydrogen (secondary N) is 4. The number of carboxylic acid groups (broad SMARTS) is 1. The Balaban J connectivity index is 1.98. The van der Waals surface area contributed by atoms with Gasteiger partial charge in [0.05, 0.1) is 37.3 Å². The van der Waals surface area contributed by atoms with Crippen LogP contribution in [0.4, 0.5) is 0 Å². The number of carboxylic acids is 1. The minimum Gasteiger partial charge on any atom is -0.481 e. The van der Waals surface area contributed by atoms with Crippen LogP contribution in [0.15, 0.2) is 30.3 Å². The smallest absolute Gasteiger partial charge is 0.305 e. The third kappa shape index (κ3) is 10.0. The summed E-state index contributed by atoms with van der Waals surface area (Å²) >= 11 is 0. The normalized spacial score (nSPS) is 19.2. The molecule has 212 valence electrons. The topological polar surface area (TPSA) is 197 Å². The van der Waals surface area contributed by atoms with Gasteiger partial charge in [0, 0.05) is 0 Å². The molecule has 0 bridgehead atoms. The van der Waals surface area contributed by atoms with Crippen LogP contribution in [0.5, 0.6) is 0 Å². The van der Waals surface area contributed by atoms with E-state index in [1.807, 2.05) is 13.8 Å². The Hall–Kier alpha value is -3.06. The highest BCUT2D eigenvalue weighted by Crippen LogP contribution is 2.17. The van der Waals surface area contributed by atoms with Crippen molar-refractivity contribution >= 4 is 23.7 Å². The average molecular weight is 537 g/mol. The Bertz CT molecular complexity index is 923. The first-order valence-electron chi connectivity index (χ1n) is 12.9. The van der Waals surface area contributed by atoms with Crippen LogP contribution in [0.1, 0.15) is 57.6 Å². The van der Waals surface area contributed by atoms with Crippen molar-refractivity contribution in [1.82, 2.24) is 21.3 Å². The molecule has 0 radical (unpaired) electrons. The number of aliphatic carboxylic acids is 1. The number of carbonyl (C=O) groups excluding carboxylic acids is 3. The lowest BCUT2D eigenvalue weighted by molar-refractivity contribution is -0.139. The van der Waals surface area contributed by atoms with E-state index >= 15 is 0 Å². The lowest BCUT2D eigenvalue weighted by Gasteiger charge is -2.27. The SMILES string of the molecule is CC(C)C[C@H](NC(=O)[C@@H]1CCCN1)C(=O)N[C@@H](CO)C[C@@H](O)[C@H](O)C(=O)N[C@@H](CC(=O)O)c1ccccc1. The quantitative estimate of drug-likeness (QED) is 0.141. The van der Waals surface area contributed by atoms with E-state index in [1.165, 1.54) is 0 Å². The van der Waals surface area contributed by atoms with Crippen LogP contribution in [0.2, 0.25) is 0 Å². The van der Waals surface area contributed by atoms with Gasteiger partial charge in [0.25, 0.3) is 5.91 Å². The number of aliphatic hydroxyl groups excluding tert-OH is 3. The molecule has 0 aliphatic carbocycles. The Morgan fingerprint density at radius 1 is 1.00 bits per heavy atom. The fourth-order valence-corrected chi connectivity index (χ4v) is 4.33. The maximum absolute atomic E-state index is 13.0. The molecular weight excluding hydrogens is 496 g/mol. The number of amides is 3. The molecule has 1 fully saturated rings. The second-order valence-corrected chi connectivity index (χ2v) is 10.0. The first-order valence-corrected chi connectivity index (χ1v) is 12.9. The zero-order chi connectivity index (χ0) is 28.2. The van der Waals surface area contributed by atoms with E-state index in [0.29, 0.717) is 18.4 Å². The van der Waals surface area contributed by atoms with Crippen LogP contribution < -0.4 is 21.3 Å². The van der Waals surface area contributed by atoms with E-state index in [1.54, 1.807) is 30.3 Å². The van der Waals surface area contributed by atoms with E-state index in [9.17, 15) is 39.6 Å². The molecule has 6 atom stereocenters. The zero-order valence-electron chi connectivity index (χ0n) is 21.8. The largest absolute Gasteiger partial charge is 0.481 e. The Labute approximate surface area is 222 Å². The first kappa shape index (κ1) is 31.2. The van der Waals surface area contributed by atoms with Crippen LogP contribution in [0.25, 0.3) is 0 Å². The molecule has 2 rings (SSSR count). The van der Waals surface area contributed by atoms with Crippen molar-refractivity contribution in [3.8, 4) is 0 Å². The van der Waals surface area contributed by atoms with Crippen LogP contribution in [0, 0.1) is 5.92 Å². The van der Waals surface area contributed by atoms with Gasteiger partial charge in [-0.3, -0.25) is 19.2 Å². The first-order chi connectivity index (χ1) is 18.0. The summed E-state index contributed by atoms with van der Waals surface area (Å²) in [7, 11) is 0. The summed E-state index contributed by atoms with van der Waals surface area (Å²) in [6, 6.07) is 5.14. The maximum Gasteiger partial charge on any atom is 0.305 e. The molecule has 8 N–H and O–H groups in total. The molecule has 3 amide bonds. The number of rotatable bonds is 15. The maximum atomic E-state index is 13.0. The van der Waals surface area contributed by atoms with E-state index in [0.717, 1.165) is 13.0 Å². The molecule has 0 unspecified atom stereocenters. The van der Waals surface area contributed by atoms with Crippen molar-refractivity contribution in [2.24, 2.45) is 5.92 Å². The zero-order valence-corrected chi connectivity index (χ0v) is 21.8. The molecule has 1 saturated heterocycles. The summed E-state index contributed by atoms with van der Waals surface area (Å²) in [5.41, 5.74) is 0.511. The van der Waals surface area contributed by atoms with Crippen molar-refractivity contribution in [3.63, 3.8) is 0 Å². The van der Waals surface area contributed by atoms with Crippen molar-refractivity contribution in [3.05, 3.63) is 35.9 Å². The second kappa shape index (κ2) is 15.4. The van der Waals surface area contributed by atoms with Gasteiger partial charge in [-0.15, -0.1) is 0 Å². The van der Waals surface area contributed by atoms with Crippen molar-refractivity contribution in [1.29, 1.82) is 0 Å². The average Bonchev–Trinajstić information content (AvgIpc) is 3.42. The van der Waals surface area contributed by atoms with Gasteiger partial charge in [0.15, 0.2) is 6.10 Å². The summed E-state index contributed by atoms with van der Waals surface area (Å²) in [6.07, 6.45) is -2.53. The summed E-state index contributed by atoms with van der Waals surface area (Å²) in [5.74, 6) is -2.92. The molecule has 1 aliphatic rings. The number of aliphatic hydroxyl groups is 3. The number of hydrogen-bond donors (Lipinski definition) is 8. The van der Waals surface area contributed by atoms with Gasteiger partial charge in [-0.25, -0.2) is 0 Å². The standard InChI is InChI=1S/C26H40N4O8/c1-15(2)11-20(30-24(36)18-9-6-10-27-18)25(37)28-17(14-31)12-21(32)23(35)26(38)29-19(13-22(33)34)16-7-4-3-5-8-16/h3-5,7-8,15,17-21,23,27,31-32,35H,6,9-14H2,1-2H3,(H,28,37)(H,29,38)(H,30,36)(H,33,34)/t17-,18+,19+,20+,21-,23+/m1/s1. The number of carbonyl (C=O) groups is 4. The number of hydrogen-bond acceptors (Lipinski definition) is 8. The van der Waals surface area contributed by atoms with E-state index < -0.39 is 61.1 Å². The lowest BCUT2D eigenvalue weighted by atomic mass is 10.00. The van der Waals surface area contributed by atoms with Gasteiger partial charge in [0.1, 0.15) is 6.04 Å². The van der Waals surface area contributed by atoms with Gasteiger partial charge in [0.2, 0.25) is 11.8 Å². The highest BCUT2D eigenvalue weighted by molar-refractivity contribution is 5.90. The summed E-state index contributed by atoms with van der Waals surface area (Å²) < 4.78 is 0. The minimum atomic E-state index is -1.94. The third-order valence-corrected chi connectivity index (χ3v) is 6.34. The van der Waals surface area contributed by atoms with E-state index in [2.05, 4.69) is 21.3 Å². The van der Waals surface area contributed by atoms with Crippen LogP contribution in [0.3, 0.4) is 0 Å². The van der Waals surface area contributed by atoms with Gasteiger partial charge in [-0.05, 0) is 43.7 Å². The van der Waals surface area contributed by atoms with Crippen LogP contribution in [-0.2, 0) is 19.2 Å². The van der Waals surface area contributed by atoms with Crippen LogP contribution in [-0.4, -0.2) is 87.6 Å². The summed E-state index contributed by atoms with van der Waals surface area (Å²) in [4.78, 5) is 49.4. The van der Waals surface area contributed by atoms with E-state index in [-0.39, 0.29) is 24.3 Å². The molecule has 1 aromatic rings. The fraction of sp³-hybridized carbons (Fsp3) is 0.615. The molecule has 38 heavy (non-hydrogen) atoms. The van der Waals surface area contributed by atoms with Crippen molar-refractivity contribution in [2.45, 2.75) is 82.3 Å². The predicted octanol–water partition coefficient (Wildman–Crippen LogP) is -0.809. The Morgan fingerprint density at radius 3 is 2.24 bits per heavy atom. The molecule has 0 aromatic heterocycles. The van der Waals surface area contributed by atoms with Gasteiger partial charge in [-0.2, -0.15) is 0 Å². The fourth-order valence-electron chi connectivity index (χ4n) is 4.33. The molecule has 12 nitrogen and oxygen atoms in total. The number of benzene rings is 1. The van der Waals surface area contributed by atoms with E-state index in [4.69, 9.17) is 0 Å². The molecule has 12 heteroatoms. The Morgan fingerprint density at radius 2 is 1.68 bits per heavy atom.